The summed E-state index contributed by atoms with van der Waals surface area (Å²) in [7, 11) is 0. The van der Waals surface area contributed by atoms with Crippen LogP contribution in [0.1, 0.15) is 18.2 Å². The molecule has 1 aromatic heterocycles. The van der Waals surface area contributed by atoms with Crippen molar-refractivity contribution >= 4 is 40.0 Å². The Balaban J connectivity index is 1.62. The molecule has 0 spiro atoms. The van der Waals surface area contributed by atoms with E-state index in [1.54, 1.807) is 17.5 Å². The van der Waals surface area contributed by atoms with Gasteiger partial charge in [-0.15, -0.1) is 11.3 Å². The Morgan fingerprint density at radius 1 is 1.17 bits per heavy atom. The Hall–Kier alpha value is -3.36. The van der Waals surface area contributed by atoms with Crippen molar-refractivity contribution in [2.75, 3.05) is 4.90 Å². The van der Waals surface area contributed by atoms with Crippen molar-refractivity contribution < 1.29 is 18.8 Å². The number of anilines is 2. The van der Waals surface area contributed by atoms with E-state index in [-0.39, 0.29) is 18.2 Å². The molecule has 148 valence electrons. The van der Waals surface area contributed by atoms with Crippen LogP contribution in [0.4, 0.5) is 15.2 Å². The number of amides is 2. The van der Waals surface area contributed by atoms with Crippen molar-refractivity contribution in [3.8, 4) is 0 Å². The summed E-state index contributed by atoms with van der Waals surface area (Å²) < 4.78 is 14.1. The number of thiazole rings is 1. The minimum atomic E-state index is -0.523. The predicted octanol–water partition coefficient (Wildman–Crippen LogP) is 4.23. The van der Waals surface area contributed by atoms with E-state index in [1.165, 1.54) is 47.4 Å². The zero-order chi connectivity index (χ0) is 20.6. The van der Waals surface area contributed by atoms with Gasteiger partial charge >= 0.3 is 0 Å². The summed E-state index contributed by atoms with van der Waals surface area (Å²) in [4.78, 5) is 34.5. The monoisotopic (exact) mass is 411 g/mol. The lowest BCUT2D eigenvalue weighted by Crippen LogP contribution is -2.23. The maximum Gasteiger partial charge on any atom is 0.267 e. The quantitative estimate of drug-likeness (QED) is 0.467. The summed E-state index contributed by atoms with van der Waals surface area (Å²) in [5.74, 6) is -1.34. The summed E-state index contributed by atoms with van der Waals surface area (Å²) in [6, 6.07) is 15.4. The van der Waals surface area contributed by atoms with Gasteiger partial charge in [0.2, 0.25) is 5.91 Å². The summed E-state index contributed by atoms with van der Waals surface area (Å²) in [5, 5.41) is 1.98. The third-order valence-electron chi connectivity index (χ3n) is 3.77. The second kappa shape index (κ2) is 9.72. The molecule has 8 heteroatoms. The maximum absolute atomic E-state index is 14.1. The van der Waals surface area contributed by atoms with E-state index < -0.39 is 11.7 Å². The topological polar surface area (TPSA) is 71.5 Å². The van der Waals surface area contributed by atoms with Crippen LogP contribution in [0.5, 0.6) is 0 Å². The Morgan fingerprint density at radius 3 is 2.62 bits per heavy atom. The molecule has 0 unspecified atom stereocenters. The molecular formula is C21H18FN3O3S. The molecule has 0 saturated heterocycles. The normalized spacial score (nSPS) is 10.8. The molecule has 0 aliphatic rings. The molecule has 1 heterocycles. The molecule has 2 amide bonds. The summed E-state index contributed by atoms with van der Waals surface area (Å²) in [5.41, 5.74) is 3.83. The van der Waals surface area contributed by atoms with Crippen LogP contribution in [0.2, 0.25) is 0 Å². The van der Waals surface area contributed by atoms with Gasteiger partial charge in [-0.3, -0.25) is 19.3 Å². The number of nitrogens with one attached hydrogen (secondary N) is 1. The molecule has 0 aliphatic heterocycles. The van der Waals surface area contributed by atoms with Gasteiger partial charge in [0.15, 0.2) is 5.13 Å². The Kier molecular flexibility index (Phi) is 6.83. The zero-order valence-corrected chi connectivity index (χ0v) is 16.4. The smallest absolute Gasteiger partial charge is 0.267 e. The van der Waals surface area contributed by atoms with Gasteiger partial charge in [0, 0.05) is 18.4 Å². The van der Waals surface area contributed by atoms with Gasteiger partial charge in [0.05, 0.1) is 18.0 Å². The van der Waals surface area contributed by atoms with Crippen molar-refractivity contribution in [3.63, 3.8) is 0 Å². The van der Waals surface area contributed by atoms with Gasteiger partial charge in [-0.05, 0) is 23.8 Å². The largest absolute Gasteiger partial charge is 0.274 e. The first-order valence-corrected chi connectivity index (χ1v) is 9.57. The van der Waals surface area contributed by atoms with Crippen LogP contribution in [0.3, 0.4) is 0 Å². The lowest BCUT2D eigenvalue weighted by Gasteiger charge is -2.18. The molecule has 2 aromatic carbocycles. The number of hydrogen-bond acceptors (Lipinski definition) is 5. The van der Waals surface area contributed by atoms with E-state index in [2.05, 4.69) is 10.5 Å². The average molecular weight is 411 g/mol. The Morgan fingerprint density at radius 2 is 1.90 bits per heavy atom. The molecule has 0 atom stereocenters. The second-order valence-electron chi connectivity index (χ2n) is 5.93. The number of benzene rings is 2. The molecule has 3 rings (SSSR count). The third-order valence-corrected chi connectivity index (χ3v) is 4.61. The molecule has 0 fully saturated rings. The van der Waals surface area contributed by atoms with E-state index in [0.717, 1.165) is 5.56 Å². The minimum Gasteiger partial charge on any atom is -0.274 e. The Bertz CT molecular complexity index is 1020. The first kappa shape index (κ1) is 20.4. The molecule has 0 saturated carbocycles. The number of carbonyl (C=O) groups is 2. The fourth-order valence-corrected chi connectivity index (χ4v) is 3.30. The average Bonchev–Trinajstić information content (AvgIpc) is 3.17. The number of nitrogens with zero attached hydrogens (tertiary/aromatic N) is 2. The lowest BCUT2D eigenvalue weighted by atomic mass is 10.2. The summed E-state index contributed by atoms with van der Waals surface area (Å²) >= 11 is 1.17. The highest BCUT2D eigenvalue weighted by Crippen LogP contribution is 2.30. The predicted molar refractivity (Wildman–Crippen MR) is 110 cm³/mol. The van der Waals surface area contributed by atoms with Gasteiger partial charge in [-0.1, -0.05) is 42.5 Å². The fourth-order valence-electron chi connectivity index (χ4n) is 2.46. The number of carbonyl (C=O) groups excluding carboxylic acids is 2. The van der Waals surface area contributed by atoms with Crippen LogP contribution in [0.15, 0.2) is 66.1 Å². The van der Waals surface area contributed by atoms with Gasteiger partial charge in [0.25, 0.3) is 5.91 Å². The number of hydroxylamine groups is 1. The number of hydrogen-bond donors (Lipinski definition) is 1. The Labute approximate surface area is 171 Å². The van der Waals surface area contributed by atoms with Crippen molar-refractivity contribution in [1.29, 1.82) is 0 Å². The van der Waals surface area contributed by atoms with Gasteiger partial charge in [0.1, 0.15) is 5.82 Å². The van der Waals surface area contributed by atoms with Gasteiger partial charge < -0.3 is 0 Å². The minimum absolute atomic E-state index is 0.122. The van der Waals surface area contributed by atoms with Crippen LogP contribution in [-0.2, 0) is 21.0 Å². The highest BCUT2D eigenvalue weighted by molar-refractivity contribution is 7.14. The molecule has 0 radical (unpaired) electrons. The van der Waals surface area contributed by atoms with E-state index in [4.69, 9.17) is 4.84 Å². The highest BCUT2D eigenvalue weighted by atomic mass is 32.1. The fraction of sp³-hybridized carbons (Fsp3) is 0.0952. The number of para-hydroxylation sites is 1. The van der Waals surface area contributed by atoms with Crippen molar-refractivity contribution in [2.24, 2.45) is 0 Å². The lowest BCUT2D eigenvalue weighted by molar-refractivity contribution is -0.129. The molecule has 0 bridgehead atoms. The van der Waals surface area contributed by atoms with Crippen LogP contribution in [0.25, 0.3) is 6.08 Å². The molecule has 6 nitrogen and oxygen atoms in total. The maximum atomic E-state index is 14.1. The number of halogens is 1. The number of aromatic nitrogens is 1. The van der Waals surface area contributed by atoms with Gasteiger partial charge in [-0.25, -0.2) is 14.9 Å². The third kappa shape index (κ3) is 5.56. The number of rotatable bonds is 7. The summed E-state index contributed by atoms with van der Waals surface area (Å²) in [6.45, 7) is 1.58. The standard InChI is InChI=1S/C21H18FN3O3S/c1-15(26)25(19-10-6-5-9-18(19)22)21-23-17(14-29-21)11-12-20(27)24-28-13-16-7-3-2-4-8-16/h2-12,14H,13H2,1H3,(H,24,27). The highest BCUT2D eigenvalue weighted by Gasteiger charge is 2.20. The van der Waals surface area contributed by atoms with E-state index in [9.17, 15) is 14.0 Å². The zero-order valence-electron chi connectivity index (χ0n) is 15.5. The molecule has 3 aromatic rings. The van der Waals surface area contributed by atoms with E-state index in [0.29, 0.717) is 10.8 Å². The first-order chi connectivity index (χ1) is 14.0. The van der Waals surface area contributed by atoms with E-state index in [1.807, 2.05) is 30.3 Å². The van der Waals surface area contributed by atoms with Crippen molar-refractivity contribution in [1.82, 2.24) is 10.5 Å². The molecule has 29 heavy (non-hydrogen) atoms. The molecular weight excluding hydrogens is 393 g/mol. The summed E-state index contributed by atoms with van der Waals surface area (Å²) in [6.07, 6.45) is 2.76. The van der Waals surface area contributed by atoms with Crippen LogP contribution >= 0.6 is 11.3 Å². The molecule has 0 aliphatic carbocycles. The van der Waals surface area contributed by atoms with Crippen molar-refractivity contribution in [2.45, 2.75) is 13.5 Å². The second-order valence-corrected chi connectivity index (χ2v) is 6.77. The van der Waals surface area contributed by atoms with Crippen LogP contribution in [-0.4, -0.2) is 16.8 Å². The SMILES string of the molecule is CC(=O)N(c1nc(C=CC(=O)NOCc2ccccc2)cs1)c1ccccc1F. The first-order valence-electron chi connectivity index (χ1n) is 8.69. The van der Waals surface area contributed by atoms with E-state index >= 15 is 0 Å². The van der Waals surface area contributed by atoms with Crippen molar-refractivity contribution in [3.05, 3.63) is 83.1 Å². The van der Waals surface area contributed by atoms with Crippen LogP contribution in [0, 0.1) is 5.82 Å². The van der Waals surface area contributed by atoms with Gasteiger partial charge in [-0.2, -0.15) is 0 Å². The molecule has 1 N–H and O–H groups in total. The van der Waals surface area contributed by atoms with Crippen LogP contribution < -0.4 is 10.4 Å².